The molecule has 0 aromatic heterocycles. The number of likely N-dealkylation sites (tertiary alicyclic amines) is 1. The Kier molecular flexibility index (Phi) is 5.21. The number of phenols is 1. The Bertz CT molecular complexity index is 901. The Labute approximate surface area is 170 Å². The zero-order valence-corrected chi connectivity index (χ0v) is 16.9. The number of amides is 2. The average molecular weight is 397 g/mol. The molecule has 5 nitrogen and oxygen atoms in total. The van der Waals surface area contributed by atoms with E-state index in [-0.39, 0.29) is 17.3 Å². The largest absolute Gasteiger partial charge is 0.508 e. The highest BCUT2D eigenvalue weighted by Gasteiger charge is 2.50. The molecule has 1 heterocycles. The van der Waals surface area contributed by atoms with E-state index in [2.05, 4.69) is 29.5 Å². The molecule has 3 atom stereocenters. The van der Waals surface area contributed by atoms with Crippen molar-refractivity contribution >= 4 is 11.7 Å². The summed E-state index contributed by atoms with van der Waals surface area (Å²) in [6.07, 6.45) is 2.80. The molecule has 6 heteroatoms. The number of carbonyl (C=O) groups excluding carboxylic acids is 1. The molecule has 4 rings (SSSR count). The van der Waals surface area contributed by atoms with Crippen molar-refractivity contribution in [1.29, 1.82) is 0 Å². The Morgan fingerprint density at radius 3 is 2.79 bits per heavy atom. The number of benzene rings is 2. The second kappa shape index (κ2) is 7.67. The number of likely N-dealkylation sites (N-methyl/N-ethyl adjacent to an activating group) is 1. The minimum absolute atomic E-state index is 0.0628. The smallest absolute Gasteiger partial charge is 0.319 e. The van der Waals surface area contributed by atoms with Gasteiger partial charge >= 0.3 is 6.03 Å². The van der Waals surface area contributed by atoms with Crippen molar-refractivity contribution in [2.24, 2.45) is 5.92 Å². The summed E-state index contributed by atoms with van der Waals surface area (Å²) in [6, 6.07) is 11.6. The first-order valence-corrected chi connectivity index (χ1v) is 10.2. The normalized spacial score (nSPS) is 25.9. The van der Waals surface area contributed by atoms with Crippen LogP contribution in [0.5, 0.6) is 5.75 Å². The predicted octanol–water partition coefficient (Wildman–Crippen LogP) is 3.88. The topological polar surface area (TPSA) is 64.6 Å². The number of hydrogen-bond acceptors (Lipinski definition) is 3. The van der Waals surface area contributed by atoms with Gasteiger partial charge in [0.05, 0.1) is 0 Å². The van der Waals surface area contributed by atoms with Crippen LogP contribution in [0.25, 0.3) is 0 Å². The maximum Gasteiger partial charge on any atom is 0.319 e. The Hall–Kier alpha value is -2.60. The van der Waals surface area contributed by atoms with Gasteiger partial charge in [0.25, 0.3) is 0 Å². The lowest BCUT2D eigenvalue weighted by atomic mass is 9.56. The Morgan fingerprint density at radius 1 is 1.28 bits per heavy atom. The monoisotopic (exact) mass is 397 g/mol. The van der Waals surface area contributed by atoms with Crippen LogP contribution in [-0.4, -0.2) is 42.2 Å². The van der Waals surface area contributed by atoms with E-state index in [0.29, 0.717) is 29.9 Å². The van der Waals surface area contributed by atoms with Crippen LogP contribution in [0, 0.1) is 11.7 Å². The van der Waals surface area contributed by atoms with E-state index in [1.54, 1.807) is 6.07 Å². The van der Waals surface area contributed by atoms with Crippen LogP contribution in [-0.2, 0) is 11.8 Å². The number of nitrogens with zero attached hydrogens (tertiary/aromatic N) is 1. The summed E-state index contributed by atoms with van der Waals surface area (Å²) >= 11 is 0. The van der Waals surface area contributed by atoms with Gasteiger partial charge in [-0.15, -0.1) is 0 Å². The summed E-state index contributed by atoms with van der Waals surface area (Å²) in [5.41, 5.74) is 3.03. The van der Waals surface area contributed by atoms with Crippen LogP contribution in [0.4, 0.5) is 14.9 Å². The summed E-state index contributed by atoms with van der Waals surface area (Å²) in [5.74, 6) is 0.396. The van der Waals surface area contributed by atoms with E-state index in [4.69, 9.17) is 0 Å². The van der Waals surface area contributed by atoms with Gasteiger partial charge in [-0.1, -0.05) is 13.0 Å². The third-order valence-electron chi connectivity index (χ3n) is 6.94. The third-order valence-corrected chi connectivity index (χ3v) is 6.94. The molecule has 2 amide bonds. The molecule has 154 valence electrons. The number of halogens is 1. The molecule has 2 aliphatic rings. The van der Waals surface area contributed by atoms with Crippen LogP contribution in [0.3, 0.4) is 0 Å². The lowest BCUT2D eigenvalue weighted by molar-refractivity contribution is 0.0364. The van der Waals surface area contributed by atoms with Crippen molar-refractivity contribution in [3.63, 3.8) is 0 Å². The molecule has 0 spiro atoms. The summed E-state index contributed by atoms with van der Waals surface area (Å²) in [7, 11) is 2.19. The molecule has 2 aromatic rings. The first kappa shape index (κ1) is 19.7. The summed E-state index contributed by atoms with van der Waals surface area (Å²) in [6.45, 7) is 3.83. The molecule has 2 aromatic carbocycles. The number of nitrogens with one attached hydrogen (secondary N) is 2. The Balaban J connectivity index is 1.48. The van der Waals surface area contributed by atoms with Crippen LogP contribution in [0.2, 0.25) is 0 Å². The van der Waals surface area contributed by atoms with Crippen LogP contribution >= 0.6 is 0 Å². The SMILES string of the molecule is C[C@H]1[C@H]2Cc3ccc(O)cc3[C@@]1(CCNC(=O)Nc1ccc(F)cc1)CCN2C. The van der Waals surface area contributed by atoms with Gasteiger partial charge in [-0.2, -0.15) is 0 Å². The zero-order chi connectivity index (χ0) is 20.6. The van der Waals surface area contributed by atoms with E-state index >= 15 is 0 Å². The molecule has 0 radical (unpaired) electrons. The van der Waals surface area contributed by atoms with Crippen LogP contribution in [0.1, 0.15) is 30.9 Å². The van der Waals surface area contributed by atoms with Crippen molar-refractivity contribution in [2.75, 3.05) is 25.5 Å². The standard InChI is InChI=1S/C23H28FN3O2/c1-15-21-13-16-3-8-19(28)14-20(16)23(15,10-12-27(21)2)9-11-25-22(29)26-18-6-4-17(24)5-7-18/h3-8,14-15,21,28H,9-13H2,1-2H3,(H2,25,26,29)/t15-,21+,23-/m0/s1. The number of aromatic hydroxyl groups is 1. The van der Waals surface area contributed by atoms with Gasteiger partial charge in [-0.25, -0.2) is 9.18 Å². The van der Waals surface area contributed by atoms with Crippen LogP contribution in [0.15, 0.2) is 42.5 Å². The zero-order valence-electron chi connectivity index (χ0n) is 16.9. The van der Waals surface area contributed by atoms with Crippen molar-refractivity contribution in [1.82, 2.24) is 10.2 Å². The maximum absolute atomic E-state index is 13.0. The predicted molar refractivity (Wildman–Crippen MR) is 112 cm³/mol. The van der Waals surface area contributed by atoms with Gasteiger partial charge in [-0.3, -0.25) is 0 Å². The molecular formula is C23H28FN3O2. The summed E-state index contributed by atoms with van der Waals surface area (Å²) in [5, 5.41) is 15.8. The summed E-state index contributed by atoms with van der Waals surface area (Å²) in [4.78, 5) is 14.7. The van der Waals surface area contributed by atoms with Gasteiger partial charge in [0, 0.05) is 23.7 Å². The number of fused-ring (bicyclic) bond motifs is 4. The van der Waals surface area contributed by atoms with Crippen molar-refractivity contribution in [2.45, 2.75) is 37.6 Å². The molecule has 2 bridgehead atoms. The van der Waals surface area contributed by atoms with E-state index in [1.807, 2.05) is 12.1 Å². The fourth-order valence-corrected chi connectivity index (χ4v) is 5.26. The second-order valence-electron chi connectivity index (χ2n) is 8.43. The van der Waals surface area contributed by atoms with Gasteiger partial charge in [0.15, 0.2) is 0 Å². The minimum atomic E-state index is -0.333. The molecule has 0 unspecified atom stereocenters. The average Bonchev–Trinajstić information content (AvgIpc) is 2.69. The molecule has 29 heavy (non-hydrogen) atoms. The number of urea groups is 1. The second-order valence-corrected chi connectivity index (χ2v) is 8.43. The lowest BCUT2D eigenvalue weighted by Crippen LogP contribution is -2.58. The van der Waals surface area contributed by atoms with Crippen molar-refractivity contribution in [3.05, 3.63) is 59.4 Å². The highest BCUT2D eigenvalue weighted by molar-refractivity contribution is 5.89. The van der Waals surface area contributed by atoms with E-state index in [9.17, 15) is 14.3 Å². The fourth-order valence-electron chi connectivity index (χ4n) is 5.26. The molecule has 0 saturated carbocycles. The molecule has 1 saturated heterocycles. The minimum Gasteiger partial charge on any atom is -0.508 e. The molecule has 3 N–H and O–H groups in total. The quantitative estimate of drug-likeness (QED) is 0.734. The molecule has 1 aliphatic heterocycles. The number of hydrogen-bond donors (Lipinski definition) is 3. The number of anilines is 1. The summed E-state index contributed by atoms with van der Waals surface area (Å²) < 4.78 is 13.0. The number of piperidine rings is 1. The highest BCUT2D eigenvalue weighted by atomic mass is 19.1. The Morgan fingerprint density at radius 2 is 2.03 bits per heavy atom. The van der Waals surface area contributed by atoms with Gasteiger partial charge in [0.2, 0.25) is 0 Å². The van der Waals surface area contributed by atoms with Crippen molar-refractivity contribution in [3.8, 4) is 5.75 Å². The van der Waals surface area contributed by atoms with E-state index in [1.165, 1.54) is 35.4 Å². The van der Waals surface area contributed by atoms with E-state index in [0.717, 1.165) is 25.8 Å². The van der Waals surface area contributed by atoms with Gasteiger partial charge in [0.1, 0.15) is 11.6 Å². The first-order valence-electron chi connectivity index (χ1n) is 10.2. The molecular weight excluding hydrogens is 369 g/mol. The highest BCUT2D eigenvalue weighted by Crippen LogP contribution is 2.51. The van der Waals surface area contributed by atoms with Gasteiger partial charge < -0.3 is 20.6 Å². The van der Waals surface area contributed by atoms with Crippen LogP contribution < -0.4 is 10.6 Å². The maximum atomic E-state index is 13.0. The number of carbonyl (C=O) groups is 1. The van der Waals surface area contributed by atoms with Crippen molar-refractivity contribution < 1.29 is 14.3 Å². The third kappa shape index (κ3) is 3.69. The lowest BCUT2D eigenvalue weighted by Gasteiger charge is -2.55. The number of rotatable bonds is 4. The van der Waals surface area contributed by atoms with E-state index < -0.39 is 0 Å². The fraction of sp³-hybridized carbons (Fsp3) is 0.435. The molecule has 1 aliphatic carbocycles. The number of phenolic OH excluding ortho intramolecular Hbond substituents is 1. The molecule has 1 fully saturated rings. The first-order chi connectivity index (χ1) is 13.9. The van der Waals surface area contributed by atoms with Gasteiger partial charge in [-0.05, 0) is 86.3 Å².